The lowest BCUT2D eigenvalue weighted by atomic mass is 9.96. The van der Waals surface area contributed by atoms with Gasteiger partial charge in [0.15, 0.2) is 11.6 Å². The van der Waals surface area contributed by atoms with Gasteiger partial charge in [0.2, 0.25) is 0 Å². The Morgan fingerprint density at radius 1 is 1.67 bits per heavy atom. The minimum absolute atomic E-state index is 0.109. The van der Waals surface area contributed by atoms with E-state index in [0.717, 1.165) is 12.4 Å². The third-order valence-corrected chi connectivity index (χ3v) is 2.23. The molecule has 0 aliphatic carbocycles. The molecule has 0 amide bonds. The molecule has 0 bridgehead atoms. The van der Waals surface area contributed by atoms with Gasteiger partial charge in [-0.1, -0.05) is 6.92 Å². The Morgan fingerprint density at radius 2 is 2.33 bits per heavy atom. The largest absolute Gasteiger partial charge is 0.504 e. The lowest BCUT2D eigenvalue weighted by Crippen LogP contribution is -1.97. The highest BCUT2D eigenvalue weighted by molar-refractivity contribution is 5.53. The van der Waals surface area contributed by atoms with E-state index in [1.807, 2.05) is 0 Å². The molecule has 3 nitrogen and oxygen atoms in total. The number of phenols is 1. The second-order valence-corrected chi connectivity index (χ2v) is 3.31. The maximum absolute atomic E-state index is 13.1. The summed E-state index contributed by atoms with van der Waals surface area (Å²) >= 11 is 0. The van der Waals surface area contributed by atoms with Gasteiger partial charge in [0, 0.05) is 6.42 Å². The summed E-state index contributed by atoms with van der Waals surface area (Å²) in [7, 11) is 0. The first-order valence-electron chi connectivity index (χ1n) is 4.46. The van der Waals surface area contributed by atoms with Crippen LogP contribution in [0.2, 0.25) is 0 Å². The van der Waals surface area contributed by atoms with E-state index in [2.05, 4.69) is 0 Å². The van der Waals surface area contributed by atoms with E-state index in [1.165, 1.54) is 6.07 Å². The standard InChI is InChI=1S/C11H10FNO2/c1-7(2-3-14)8-4-9(6-13)11(15)10(12)5-8/h3-5,7,15H,2H2,1H3. The molecular formula is C11H10FNO2. The first kappa shape index (κ1) is 11.2. The molecule has 1 unspecified atom stereocenters. The van der Waals surface area contributed by atoms with Gasteiger partial charge >= 0.3 is 0 Å². The fourth-order valence-electron chi connectivity index (χ4n) is 1.27. The summed E-state index contributed by atoms with van der Waals surface area (Å²) in [5, 5.41) is 17.8. The van der Waals surface area contributed by atoms with Crippen molar-refractivity contribution in [2.45, 2.75) is 19.3 Å². The van der Waals surface area contributed by atoms with E-state index in [9.17, 15) is 9.18 Å². The summed E-state index contributed by atoms with van der Waals surface area (Å²) in [6.07, 6.45) is 0.997. The van der Waals surface area contributed by atoms with Crippen LogP contribution >= 0.6 is 0 Å². The van der Waals surface area contributed by atoms with Crippen LogP contribution in [-0.2, 0) is 4.79 Å². The average Bonchev–Trinajstić information content (AvgIpc) is 2.22. The van der Waals surface area contributed by atoms with Gasteiger partial charge in [-0.25, -0.2) is 4.39 Å². The minimum Gasteiger partial charge on any atom is -0.504 e. The SMILES string of the molecule is CC(CC=O)c1cc(F)c(O)c(C#N)c1. The van der Waals surface area contributed by atoms with Gasteiger partial charge in [-0.15, -0.1) is 0 Å². The Balaban J connectivity index is 3.17. The van der Waals surface area contributed by atoms with E-state index in [4.69, 9.17) is 10.4 Å². The van der Waals surface area contributed by atoms with Crippen molar-refractivity contribution in [1.29, 1.82) is 5.26 Å². The Labute approximate surface area is 86.8 Å². The zero-order valence-corrected chi connectivity index (χ0v) is 8.20. The van der Waals surface area contributed by atoms with Crippen molar-refractivity contribution >= 4 is 6.29 Å². The quantitative estimate of drug-likeness (QED) is 0.772. The Bertz CT molecular complexity index is 423. The third kappa shape index (κ3) is 2.32. The van der Waals surface area contributed by atoms with Crippen molar-refractivity contribution in [1.82, 2.24) is 0 Å². The fourth-order valence-corrected chi connectivity index (χ4v) is 1.27. The van der Waals surface area contributed by atoms with Gasteiger partial charge in [0.25, 0.3) is 0 Å². The van der Waals surface area contributed by atoms with Crippen LogP contribution in [0.25, 0.3) is 0 Å². The number of nitrogens with zero attached hydrogens (tertiary/aromatic N) is 1. The van der Waals surface area contributed by atoms with E-state index in [0.29, 0.717) is 5.56 Å². The number of carbonyl (C=O) groups excluding carboxylic acids is 1. The van der Waals surface area contributed by atoms with Crippen LogP contribution in [0.1, 0.15) is 30.4 Å². The Hall–Kier alpha value is -1.89. The minimum atomic E-state index is -0.832. The van der Waals surface area contributed by atoms with Crippen LogP contribution in [0.15, 0.2) is 12.1 Å². The van der Waals surface area contributed by atoms with Crippen LogP contribution in [-0.4, -0.2) is 11.4 Å². The molecule has 0 aromatic heterocycles. The first-order valence-corrected chi connectivity index (χ1v) is 4.46. The molecule has 1 aromatic carbocycles. The zero-order valence-electron chi connectivity index (χ0n) is 8.20. The average molecular weight is 207 g/mol. The molecule has 78 valence electrons. The van der Waals surface area contributed by atoms with E-state index in [-0.39, 0.29) is 17.9 Å². The smallest absolute Gasteiger partial charge is 0.169 e. The number of aldehydes is 1. The van der Waals surface area contributed by atoms with Crippen molar-refractivity contribution in [3.8, 4) is 11.8 Å². The normalized spacial score (nSPS) is 11.8. The highest BCUT2D eigenvalue weighted by Crippen LogP contribution is 2.27. The zero-order chi connectivity index (χ0) is 11.4. The van der Waals surface area contributed by atoms with E-state index >= 15 is 0 Å². The number of nitriles is 1. The van der Waals surface area contributed by atoms with Crippen LogP contribution < -0.4 is 0 Å². The Morgan fingerprint density at radius 3 is 2.87 bits per heavy atom. The Kier molecular flexibility index (Phi) is 3.40. The molecule has 0 saturated carbocycles. The maximum atomic E-state index is 13.1. The van der Waals surface area contributed by atoms with Gasteiger partial charge in [0.05, 0.1) is 5.56 Å². The predicted molar refractivity (Wildman–Crippen MR) is 51.9 cm³/mol. The lowest BCUT2D eigenvalue weighted by molar-refractivity contribution is -0.108. The molecule has 1 atom stereocenters. The molecular weight excluding hydrogens is 197 g/mol. The van der Waals surface area contributed by atoms with Gasteiger partial charge in [-0.3, -0.25) is 0 Å². The van der Waals surface area contributed by atoms with E-state index < -0.39 is 11.6 Å². The number of carbonyl (C=O) groups is 1. The number of halogens is 1. The molecule has 0 fully saturated rings. The molecule has 4 heteroatoms. The number of phenolic OH excluding ortho intramolecular Hbond substituents is 1. The molecule has 0 spiro atoms. The van der Waals surface area contributed by atoms with Gasteiger partial charge in [0.1, 0.15) is 12.4 Å². The summed E-state index contributed by atoms with van der Waals surface area (Å²) < 4.78 is 13.1. The van der Waals surface area contributed by atoms with Crippen molar-refractivity contribution < 1.29 is 14.3 Å². The molecule has 1 aromatic rings. The number of rotatable bonds is 3. The van der Waals surface area contributed by atoms with Crippen LogP contribution in [0, 0.1) is 17.1 Å². The number of benzene rings is 1. The number of aromatic hydroxyl groups is 1. The highest BCUT2D eigenvalue weighted by atomic mass is 19.1. The molecule has 0 aliphatic rings. The third-order valence-electron chi connectivity index (χ3n) is 2.23. The molecule has 15 heavy (non-hydrogen) atoms. The van der Waals surface area contributed by atoms with Crippen molar-refractivity contribution in [3.05, 3.63) is 29.1 Å². The summed E-state index contributed by atoms with van der Waals surface area (Å²) in [5.41, 5.74) is 0.427. The highest BCUT2D eigenvalue weighted by Gasteiger charge is 2.13. The maximum Gasteiger partial charge on any atom is 0.169 e. The lowest BCUT2D eigenvalue weighted by Gasteiger charge is -2.09. The summed E-state index contributed by atoms with van der Waals surface area (Å²) in [4.78, 5) is 10.3. The first-order chi connectivity index (χ1) is 7.10. The predicted octanol–water partition coefficient (Wildman–Crippen LogP) is 2.10. The molecule has 1 N–H and O–H groups in total. The van der Waals surface area contributed by atoms with Crippen LogP contribution in [0.4, 0.5) is 4.39 Å². The van der Waals surface area contributed by atoms with Gasteiger partial charge in [-0.2, -0.15) is 5.26 Å². The van der Waals surface area contributed by atoms with Crippen LogP contribution in [0.3, 0.4) is 0 Å². The van der Waals surface area contributed by atoms with Gasteiger partial charge in [-0.05, 0) is 23.6 Å². The summed E-state index contributed by atoms with van der Waals surface area (Å²) in [6.45, 7) is 1.75. The summed E-state index contributed by atoms with van der Waals surface area (Å²) in [5.74, 6) is -1.63. The molecule has 0 heterocycles. The van der Waals surface area contributed by atoms with Gasteiger partial charge < -0.3 is 9.90 Å². The number of hydrogen-bond donors (Lipinski definition) is 1. The van der Waals surface area contributed by atoms with Crippen molar-refractivity contribution in [2.75, 3.05) is 0 Å². The summed E-state index contributed by atoms with van der Waals surface area (Å²) in [6, 6.07) is 4.23. The van der Waals surface area contributed by atoms with Crippen molar-refractivity contribution in [3.63, 3.8) is 0 Å². The fraction of sp³-hybridized carbons (Fsp3) is 0.273. The molecule has 0 saturated heterocycles. The second kappa shape index (κ2) is 4.56. The van der Waals surface area contributed by atoms with E-state index in [1.54, 1.807) is 13.0 Å². The molecule has 0 aliphatic heterocycles. The molecule has 0 radical (unpaired) electrons. The molecule has 1 rings (SSSR count). The van der Waals surface area contributed by atoms with Crippen molar-refractivity contribution in [2.24, 2.45) is 0 Å². The topological polar surface area (TPSA) is 61.1 Å². The second-order valence-electron chi connectivity index (χ2n) is 3.31. The monoisotopic (exact) mass is 207 g/mol. The number of hydrogen-bond acceptors (Lipinski definition) is 3. The van der Waals surface area contributed by atoms with Crippen LogP contribution in [0.5, 0.6) is 5.75 Å².